The van der Waals surface area contributed by atoms with Gasteiger partial charge in [-0.3, -0.25) is 9.69 Å². The van der Waals surface area contributed by atoms with Crippen molar-refractivity contribution in [2.45, 2.75) is 84.3 Å². The summed E-state index contributed by atoms with van der Waals surface area (Å²) in [5.74, 6) is 0.811. The molecule has 0 N–H and O–H groups in total. The lowest BCUT2D eigenvalue weighted by atomic mass is 9.92. The molecule has 2 fully saturated rings. The van der Waals surface area contributed by atoms with Gasteiger partial charge >= 0.3 is 0 Å². The van der Waals surface area contributed by atoms with Gasteiger partial charge in [-0.1, -0.05) is 67.6 Å². The molecule has 3 aromatic carbocycles. The standard InChI is InChI=1S/C41H47N5O3/c1-5-33-26-44(25-30-14-8-6-9-15-30)41(3,4)28-45(33)40(47)35-24-36(32-19-21-34(22-20-32)49-27-31-16-10-7-11-17-31)42-39-38(35)29(2)43-46(39)37-18-12-13-23-48-37/h6-11,14-17,19-22,24,33,37H,5,12-13,18,23,25-28H2,1-4H3. The molecule has 2 aliphatic heterocycles. The second kappa shape index (κ2) is 14.1. The molecule has 0 radical (unpaired) electrons. The van der Waals surface area contributed by atoms with Crippen LogP contribution in [0.15, 0.2) is 91.0 Å². The van der Waals surface area contributed by atoms with Gasteiger partial charge in [0.15, 0.2) is 11.9 Å². The van der Waals surface area contributed by atoms with E-state index in [0.29, 0.717) is 31.0 Å². The average Bonchev–Trinajstić information content (AvgIpc) is 3.48. The van der Waals surface area contributed by atoms with Crippen LogP contribution in [0, 0.1) is 6.92 Å². The van der Waals surface area contributed by atoms with Crippen molar-refractivity contribution in [3.05, 3.63) is 113 Å². The molecule has 0 bridgehead atoms. The van der Waals surface area contributed by atoms with Crippen molar-refractivity contribution in [1.29, 1.82) is 0 Å². The monoisotopic (exact) mass is 657 g/mol. The van der Waals surface area contributed by atoms with E-state index in [0.717, 1.165) is 72.4 Å². The zero-order valence-corrected chi connectivity index (χ0v) is 29.1. The van der Waals surface area contributed by atoms with Crippen LogP contribution in [-0.4, -0.2) is 61.7 Å². The van der Waals surface area contributed by atoms with E-state index in [4.69, 9.17) is 19.6 Å². The van der Waals surface area contributed by atoms with E-state index in [1.165, 1.54) is 5.56 Å². The van der Waals surface area contributed by atoms with Crippen LogP contribution in [0.2, 0.25) is 0 Å². The Balaban J connectivity index is 1.24. The lowest BCUT2D eigenvalue weighted by molar-refractivity contribution is -0.0371. The minimum Gasteiger partial charge on any atom is -0.489 e. The van der Waals surface area contributed by atoms with E-state index in [9.17, 15) is 4.79 Å². The van der Waals surface area contributed by atoms with Gasteiger partial charge < -0.3 is 14.4 Å². The average molecular weight is 658 g/mol. The highest BCUT2D eigenvalue weighted by molar-refractivity contribution is 6.07. The molecule has 2 saturated heterocycles. The third kappa shape index (κ3) is 6.98. The summed E-state index contributed by atoms with van der Waals surface area (Å²) in [5.41, 5.74) is 5.98. The SMILES string of the molecule is CCC1CN(Cc2ccccc2)C(C)(C)CN1C(=O)c1cc(-c2ccc(OCc3ccccc3)cc2)nc2c1c(C)nn2C1CCCCO1. The van der Waals surface area contributed by atoms with Crippen molar-refractivity contribution < 1.29 is 14.3 Å². The first-order chi connectivity index (χ1) is 23.8. The number of carbonyl (C=O) groups excluding carboxylic acids is 1. The minimum atomic E-state index is -0.211. The number of carbonyl (C=O) groups is 1. The summed E-state index contributed by atoms with van der Waals surface area (Å²) < 4.78 is 14.2. The fourth-order valence-corrected chi connectivity index (χ4v) is 7.28. The Morgan fingerprint density at radius 2 is 1.67 bits per heavy atom. The van der Waals surface area contributed by atoms with Crippen LogP contribution < -0.4 is 4.74 Å². The van der Waals surface area contributed by atoms with Crippen molar-refractivity contribution in [1.82, 2.24) is 24.6 Å². The van der Waals surface area contributed by atoms with Crippen LogP contribution in [0.1, 0.15) is 79.9 Å². The van der Waals surface area contributed by atoms with Gasteiger partial charge in [0, 0.05) is 43.4 Å². The van der Waals surface area contributed by atoms with E-state index < -0.39 is 0 Å². The van der Waals surface area contributed by atoms with Gasteiger partial charge in [0.05, 0.1) is 22.3 Å². The van der Waals surface area contributed by atoms with E-state index in [1.807, 2.05) is 60.1 Å². The van der Waals surface area contributed by atoms with E-state index in [1.54, 1.807) is 0 Å². The summed E-state index contributed by atoms with van der Waals surface area (Å²) in [4.78, 5) is 24.7. The van der Waals surface area contributed by atoms with Gasteiger partial charge in [-0.05, 0) is 87.9 Å². The number of hydrogen-bond acceptors (Lipinski definition) is 6. The maximum absolute atomic E-state index is 14.9. The summed E-state index contributed by atoms with van der Waals surface area (Å²) in [6.07, 6.45) is 3.65. The summed E-state index contributed by atoms with van der Waals surface area (Å²) in [6, 6.07) is 30.8. The van der Waals surface area contributed by atoms with Gasteiger partial charge in [-0.15, -0.1) is 0 Å². The molecule has 0 spiro atoms. The molecule has 8 nitrogen and oxygen atoms in total. The first kappa shape index (κ1) is 33.0. The first-order valence-electron chi connectivity index (χ1n) is 17.7. The molecule has 2 unspecified atom stereocenters. The second-order valence-electron chi connectivity index (χ2n) is 14.1. The van der Waals surface area contributed by atoms with Crippen LogP contribution >= 0.6 is 0 Å². The molecule has 7 rings (SSSR count). The number of aromatic nitrogens is 3. The second-order valence-corrected chi connectivity index (χ2v) is 14.1. The number of aryl methyl sites for hydroxylation is 1. The molecule has 2 atom stereocenters. The number of benzene rings is 3. The highest BCUT2D eigenvalue weighted by Gasteiger charge is 2.41. The van der Waals surface area contributed by atoms with Gasteiger partial charge in [-0.25, -0.2) is 9.67 Å². The molecule has 49 heavy (non-hydrogen) atoms. The van der Waals surface area contributed by atoms with Crippen molar-refractivity contribution in [2.75, 3.05) is 19.7 Å². The number of fused-ring (bicyclic) bond motifs is 1. The van der Waals surface area contributed by atoms with Crippen LogP contribution in [0.25, 0.3) is 22.3 Å². The van der Waals surface area contributed by atoms with Gasteiger partial charge in [0.25, 0.3) is 5.91 Å². The smallest absolute Gasteiger partial charge is 0.255 e. The molecule has 2 aliphatic rings. The Morgan fingerprint density at radius 1 is 0.959 bits per heavy atom. The van der Waals surface area contributed by atoms with Crippen LogP contribution in [0.5, 0.6) is 5.75 Å². The van der Waals surface area contributed by atoms with Gasteiger partial charge in [0.2, 0.25) is 0 Å². The Kier molecular flexibility index (Phi) is 9.52. The number of pyridine rings is 1. The summed E-state index contributed by atoms with van der Waals surface area (Å²) in [7, 11) is 0. The number of piperazine rings is 1. The maximum Gasteiger partial charge on any atom is 0.255 e. The Hall–Kier alpha value is -4.53. The van der Waals surface area contributed by atoms with Crippen molar-refractivity contribution in [3.63, 3.8) is 0 Å². The molecule has 5 aromatic rings. The molecule has 4 heterocycles. The molecule has 2 aromatic heterocycles. The summed E-state index contributed by atoms with van der Waals surface area (Å²) >= 11 is 0. The van der Waals surface area contributed by atoms with E-state index >= 15 is 0 Å². The fraction of sp³-hybridized carbons (Fsp3) is 0.390. The lowest BCUT2D eigenvalue weighted by Gasteiger charge is -2.51. The summed E-state index contributed by atoms with van der Waals surface area (Å²) in [6.45, 7) is 12.2. The number of amides is 1. The number of rotatable bonds is 9. The Morgan fingerprint density at radius 3 is 2.35 bits per heavy atom. The highest BCUT2D eigenvalue weighted by Crippen LogP contribution is 2.35. The van der Waals surface area contributed by atoms with Crippen LogP contribution in [0.3, 0.4) is 0 Å². The van der Waals surface area contributed by atoms with Gasteiger partial charge in [-0.2, -0.15) is 5.10 Å². The van der Waals surface area contributed by atoms with Crippen LogP contribution in [-0.2, 0) is 17.9 Å². The Labute approximate surface area is 289 Å². The molecular weight excluding hydrogens is 610 g/mol. The zero-order valence-electron chi connectivity index (χ0n) is 29.1. The minimum absolute atomic E-state index is 0.0305. The third-order valence-corrected chi connectivity index (χ3v) is 10.1. The lowest BCUT2D eigenvalue weighted by Crippen LogP contribution is -2.64. The molecule has 0 aliphatic carbocycles. The maximum atomic E-state index is 14.9. The summed E-state index contributed by atoms with van der Waals surface area (Å²) in [5, 5.41) is 5.77. The molecule has 8 heteroatoms. The number of hydrogen-bond donors (Lipinski definition) is 0. The highest BCUT2D eigenvalue weighted by atomic mass is 16.5. The molecule has 1 amide bonds. The van der Waals surface area contributed by atoms with E-state index in [2.05, 4.69) is 73.0 Å². The van der Waals surface area contributed by atoms with Crippen molar-refractivity contribution >= 4 is 16.9 Å². The normalized spacial score (nSPS) is 19.6. The first-order valence-corrected chi connectivity index (χ1v) is 17.7. The largest absolute Gasteiger partial charge is 0.489 e. The topological polar surface area (TPSA) is 72.7 Å². The number of nitrogens with zero attached hydrogens (tertiary/aromatic N) is 5. The number of ether oxygens (including phenoxy) is 2. The fourth-order valence-electron chi connectivity index (χ4n) is 7.28. The van der Waals surface area contributed by atoms with Crippen LogP contribution in [0.4, 0.5) is 0 Å². The van der Waals surface area contributed by atoms with Crippen molar-refractivity contribution in [2.24, 2.45) is 0 Å². The van der Waals surface area contributed by atoms with Crippen molar-refractivity contribution in [3.8, 4) is 17.0 Å². The quantitative estimate of drug-likeness (QED) is 0.159. The predicted octanol–water partition coefficient (Wildman–Crippen LogP) is 8.20. The zero-order chi connectivity index (χ0) is 34.0. The predicted molar refractivity (Wildman–Crippen MR) is 193 cm³/mol. The third-order valence-electron chi connectivity index (χ3n) is 10.1. The van der Waals surface area contributed by atoms with Gasteiger partial charge in [0.1, 0.15) is 12.4 Å². The van der Waals surface area contributed by atoms with E-state index in [-0.39, 0.29) is 23.7 Å². The molecule has 254 valence electrons. The molecule has 0 saturated carbocycles. The Bertz CT molecular complexity index is 1880. The molecular formula is C41H47N5O3.